The Morgan fingerprint density at radius 3 is 2.72 bits per heavy atom. The predicted octanol–water partition coefficient (Wildman–Crippen LogP) is 4.38. The molecule has 4 aromatic rings. The number of aryl methyl sites for hydroxylation is 3. The van der Waals surface area contributed by atoms with Gasteiger partial charge in [-0.05, 0) is 56.3 Å². The molecule has 0 unspecified atom stereocenters. The summed E-state index contributed by atoms with van der Waals surface area (Å²) >= 11 is 2.85. The molecule has 0 radical (unpaired) electrons. The van der Waals surface area contributed by atoms with Gasteiger partial charge in [0.25, 0.3) is 5.56 Å². The molecule has 0 bridgehead atoms. The van der Waals surface area contributed by atoms with Gasteiger partial charge in [0.15, 0.2) is 10.7 Å². The molecular formula is C23H25N5O2S2. The Bertz CT molecular complexity index is 1340. The summed E-state index contributed by atoms with van der Waals surface area (Å²) < 4.78 is 3.35. The third-order valence-corrected chi connectivity index (χ3v) is 7.22. The van der Waals surface area contributed by atoms with Crippen LogP contribution in [0.1, 0.15) is 28.6 Å². The molecule has 0 aliphatic rings. The fraction of sp³-hybridized carbons (Fsp3) is 0.304. The van der Waals surface area contributed by atoms with Gasteiger partial charge in [-0.15, -0.1) is 11.3 Å². The lowest BCUT2D eigenvalue weighted by atomic mass is 10.1. The van der Waals surface area contributed by atoms with E-state index < -0.39 is 0 Å². The molecule has 0 spiro atoms. The molecule has 1 aromatic carbocycles. The van der Waals surface area contributed by atoms with Crippen LogP contribution in [0.4, 0.5) is 5.69 Å². The van der Waals surface area contributed by atoms with E-state index in [2.05, 4.69) is 10.4 Å². The molecule has 1 amide bonds. The van der Waals surface area contributed by atoms with Gasteiger partial charge in [-0.2, -0.15) is 5.10 Å². The molecule has 3 heterocycles. The molecule has 3 aromatic heterocycles. The minimum Gasteiger partial charge on any atom is -0.325 e. The molecule has 7 nitrogen and oxygen atoms in total. The van der Waals surface area contributed by atoms with Gasteiger partial charge in [0, 0.05) is 17.1 Å². The molecule has 0 saturated heterocycles. The molecule has 0 atom stereocenters. The maximum atomic E-state index is 13.4. The summed E-state index contributed by atoms with van der Waals surface area (Å²) in [6, 6.07) is 9.78. The van der Waals surface area contributed by atoms with Gasteiger partial charge in [0.2, 0.25) is 5.91 Å². The Morgan fingerprint density at radius 2 is 2.00 bits per heavy atom. The normalized spacial score (nSPS) is 11.2. The number of carbonyl (C=O) groups is 1. The number of carbonyl (C=O) groups excluding carboxylic acids is 1. The lowest BCUT2D eigenvalue weighted by Gasteiger charge is -2.13. The first-order chi connectivity index (χ1) is 15.4. The van der Waals surface area contributed by atoms with Gasteiger partial charge in [-0.25, -0.2) is 4.98 Å². The van der Waals surface area contributed by atoms with E-state index in [1.54, 1.807) is 20.6 Å². The van der Waals surface area contributed by atoms with Crippen LogP contribution in [-0.4, -0.2) is 31.0 Å². The highest BCUT2D eigenvalue weighted by molar-refractivity contribution is 7.99. The fourth-order valence-corrected chi connectivity index (χ4v) is 5.01. The second-order valence-corrected chi connectivity index (χ2v) is 9.52. The molecule has 1 N–H and O–H groups in total. The van der Waals surface area contributed by atoms with E-state index in [-0.39, 0.29) is 17.2 Å². The summed E-state index contributed by atoms with van der Waals surface area (Å²) in [7, 11) is 0. The summed E-state index contributed by atoms with van der Waals surface area (Å²) in [5.74, 6) is 0.0122. The first-order valence-electron chi connectivity index (χ1n) is 10.4. The van der Waals surface area contributed by atoms with Crippen LogP contribution in [0.25, 0.3) is 11.0 Å². The van der Waals surface area contributed by atoms with Crippen molar-refractivity contribution in [3.05, 3.63) is 67.8 Å². The van der Waals surface area contributed by atoms with E-state index in [9.17, 15) is 9.59 Å². The summed E-state index contributed by atoms with van der Waals surface area (Å²) in [6.45, 7) is 8.81. The number of hydrogen-bond donors (Lipinski definition) is 1. The first kappa shape index (κ1) is 22.3. The number of hydrogen-bond acceptors (Lipinski definition) is 6. The summed E-state index contributed by atoms with van der Waals surface area (Å²) in [6.07, 6.45) is 0. The van der Waals surface area contributed by atoms with Crippen LogP contribution in [0.5, 0.6) is 0 Å². The number of thioether (sulfide) groups is 1. The van der Waals surface area contributed by atoms with Crippen LogP contribution in [-0.2, 0) is 17.9 Å². The molecule has 9 heteroatoms. The Balaban J connectivity index is 1.66. The largest absolute Gasteiger partial charge is 0.325 e. The minimum absolute atomic E-state index is 0.136. The zero-order valence-electron chi connectivity index (χ0n) is 18.5. The van der Waals surface area contributed by atoms with Crippen molar-refractivity contribution in [1.82, 2.24) is 19.3 Å². The lowest BCUT2D eigenvalue weighted by Crippen LogP contribution is -2.26. The van der Waals surface area contributed by atoms with Gasteiger partial charge < -0.3 is 5.32 Å². The maximum absolute atomic E-state index is 13.4. The van der Waals surface area contributed by atoms with Crippen molar-refractivity contribution in [2.75, 3.05) is 11.1 Å². The first-order valence-corrected chi connectivity index (χ1v) is 12.2. The van der Waals surface area contributed by atoms with Crippen molar-refractivity contribution in [2.24, 2.45) is 0 Å². The predicted molar refractivity (Wildman–Crippen MR) is 131 cm³/mol. The lowest BCUT2D eigenvalue weighted by molar-refractivity contribution is -0.113. The molecule has 0 aliphatic heterocycles. The topological polar surface area (TPSA) is 81.8 Å². The van der Waals surface area contributed by atoms with E-state index >= 15 is 0 Å². The van der Waals surface area contributed by atoms with Crippen molar-refractivity contribution in [3.63, 3.8) is 0 Å². The quantitative estimate of drug-likeness (QED) is 0.322. The van der Waals surface area contributed by atoms with Gasteiger partial charge in [0.1, 0.15) is 5.52 Å². The van der Waals surface area contributed by atoms with E-state index in [0.717, 1.165) is 21.7 Å². The summed E-state index contributed by atoms with van der Waals surface area (Å²) in [4.78, 5) is 31.9. The number of anilines is 1. The van der Waals surface area contributed by atoms with Crippen LogP contribution in [0.2, 0.25) is 0 Å². The van der Waals surface area contributed by atoms with Gasteiger partial charge in [0.05, 0.1) is 18.0 Å². The van der Waals surface area contributed by atoms with Crippen molar-refractivity contribution in [3.8, 4) is 0 Å². The molecular weight excluding hydrogens is 442 g/mol. The van der Waals surface area contributed by atoms with E-state index in [1.165, 1.54) is 11.8 Å². The smallest absolute Gasteiger partial charge is 0.280 e. The van der Waals surface area contributed by atoms with Crippen molar-refractivity contribution < 1.29 is 4.79 Å². The second kappa shape index (κ2) is 9.30. The number of benzene rings is 1. The molecule has 0 fully saturated rings. The average molecular weight is 468 g/mol. The zero-order valence-corrected chi connectivity index (χ0v) is 20.1. The standard InChI is InChI=1S/C23H25N5O2S2/c1-5-28-21-20(16(4)26-28)25-23(27(22(21)30)12-17-9-7-11-31-17)32-13-19(29)24-18-10-6-8-14(2)15(18)3/h6-11H,5,12-13H2,1-4H3,(H,24,29). The number of rotatable bonds is 7. The average Bonchev–Trinajstić information content (AvgIpc) is 3.40. The summed E-state index contributed by atoms with van der Waals surface area (Å²) in [5.41, 5.74) is 4.64. The minimum atomic E-state index is -0.137. The summed E-state index contributed by atoms with van der Waals surface area (Å²) in [5, 5.41) is 9.95. The van der Waals surface area contributed by atoms with Crippen molar-refractivity contribution >= 4 is 45.7 Å². The van der Waals surface area contributed by atoms with Gasteiger partial charge in [-0.1, -0.05) is 30.0 Å². The van der Waals surface area contributed by atoms with Crippen LogP contribution in [0.3, 0.4) is 0 Å². The Kier molecular flexibility index (Phi) is 6.48. The second-order valence-electron chi connectivity index (χ2n) is 7.55. The zero-order chi connectivity index (χ0) is 22.8. The molecule has 0 saturated carbocycles. The number of nitrogens with one attached hydrogen (secondary N) is 1. The molecule has 32 heavy (non-hydrogen) atoms. The Labute approximate surface area is 194 Å². The molecule has 4 rings (SSSR count). The van der Waals surface area contributed by atoms with E-state index in [1.807, 2.05) is 63.4 Å². The van der Waals surface area contributed by atoms with Gasteiger partial charge >= 0.3 is 0 Å². The third-order valence-electron chi connectivity index (χ3n) is 5.39. The number of amides is 1. The van der Waals surface area contributed by atoms with Crippen LogP contribution < -0.4 is 10.9 Å². The third kappa shape index (κ3) is 4.35. The van der Waals surface area contributed by atoms with Crippen LogP contribution in [0, 0.1) is 20.8 Å². The highest BCUT2D eigenvalue weighted by Crippen LogP contribution is 2.23. The van der Waals surface area contributed by atoms with Crippen molar-refractivity contribution in [2.45, 2.75) is 45.9 Å². The molecule has 166 valence electrons. The number of fused-ring (bicyclic) bond motifs is 1. The highest BCUT2D eigenvalue weighted by Gasteiger charge is 2.19. The Hall–Kier alpha value is -2.91. The number of thiophene rings is 1. The Morgan fingerprint density at radius 1 is 1.19 bits per heavy atom. The fourth-order valence-electron chi connectivity index (χ4n) is 3.53. The maximum Gasteiger partial charge on any atom is 0.280 e. The van der Waals surface area contributed by atoms with E-state index in [0.29, 0.717) is 35.0 Å². The van der Waals surface area contributed by atoms with Crippen molar-refractivity contribution in [1.29, 1.82) is 0 Å². The van der Waals surface area contributed by atoms with Gasteiger partial charge in [-0.3, -0.25) is 18.8 Å². The number of aromatic nitrogens is 4. The van der Waals surface area contributed by atoms with Crippen LogP contribution in [0.15, 0.2) is 45.7 Å². The van der Waals surface area contributed by atoms with Crippen LogP contribution >= 0.6 is 23.1 Å². The van der Waals surface area contributed by atoms with E-state index in [4.69, 9.17) is 4.98 Å². The monoisotopic (exact) mass is 467 g/mol. The highest BCUT2D eigenvalue weighted by atomic mass is 32.2. The SMILES string of the molecule is CCn1nc(C)c2nc(SCC(=O)Nc3cccc(C)c3C)n(Cc3cccs3)c(=O)c21. The molecule has 0 aliphatic carbocycles. The number of nitrogens with zero attached hydrogens (tertiary/aromatic N) is 4.